The van der Waals surface area contributed by atoms with Crippen molar-refractivity contribution in [2.24, 2.45) is 0 Å². The Bertz CT molecular complexity index is 1180. The van der Waals surface area contributed by atoms with E-state index in [0.717, 1.165) is 5.56 Å². The topological polar surface area (TPSA) is 88.1 Å². The van der Waals surface area contributed by atoms with Crippen molar-refractivity contribution in [1.29, 1.82) is 0 Å². The fourth-order valence-corrected chi connectivity index (χ4v) is 3.74. The van der Waals surface area contributed by atoms with Gasteiger partial charge in [-0.25, -0.2) is 4.79 Å². The maximum Gasteiger partial charge on any atom is 0.322 e. The lowest BCUT2D eigenvalue weighted by atomic mass is 10.1. The average molecular weight is 444 g/mol. The van der Waals surface area contributed by atoms with Crippen LogP contribution in [0.5, 0.6) is 17.2 Å². The number of rotatable bonds is 7. The maximum atomic E-state index is 12.8. The molecule has 1 fully saturated rings. The molecule has 2 N–H and O–H groups in total. The number of phenolic OH excluding ortho intramolecular Hbond substituents is 1. The summed E-state index contributed by atoms with van der Waals surface area (Å²) in [6.07, 6.45) is 3.05. The van der Waals surface area contributed by atoms with Gasteiger partial charge in [-0.2, -0.15) is 0 Å². The number of nitrogens with zero attached hydrogens (tertiary/aromatic N) is 1. The van der Waals surface area contributed by atoms with E-state index >= 15 is 0 Å². The number of hydrogen-bond acceptors (Lipinski definition) is 5. The number of ether oxygens (including phenoxy) is 2. The molecule has 1 heterocycles. The number of carbonyl (C=O) groups excluding carboxylic acids is 2. The number of urea groups is 1. The van der Waals surface area contributed by atoms with Crippen LogP contribution >= 0.6 is 0 Å². The molecule has 3 aromatic rings. The first-order chi connectivity index (χ1) is 16.0. The van der Waals surface area contributed by atoms with E-state index in [2.05, 4.69) is 5.32 Å². The molecule has 1 aliphatic heterocycles. The predicted molar refractivity (Wildman–Crippen MR) is 126 cm³/mol. The summed E-state index contributed by atoms with van der Waals surface area (Å²) in [5.41, 5.74) is 2.77. The molecule has 33 heavy (non-hydrogen) atoms. The van der Waals surface area contributed by atoms with Crippen LogP contribution in [0.15, 0.2) is 72.8 Å². The third kappa shape index (κ3) is 4.67. The molecule has 1 atom stereocenters. The quantitative estimate of drug-likeness (QED) is 0.412. The molecule has 1 aliphatic rings. The number of phenols is 1. The van der Waals surface area contributed by atoms with Gasteiger partial charge in [0.2, 0.25) is 5.75 Å². The van der Waals surface area contributed by atoms with Gasteiger partial charge in [0.15, 0.2) is 17.3 Å². The van der Waals surface area contributed by atoms with Crippen molar-refractivity contribution in [3.05, 3.63) is 89.5 Å². The largest absolute Gasteiger partial charge is 0.502 e. The second kappa shape index (κ2) is 9.48. The van der Waals surface area contributed by atoms with Gasteiger partial charge in [0.25, 0.3) is 0 Å². The molecule has 0 aliphatic carbocycles. The number of aromatic hydroxyl groups is 1. The summed E-state index contributed by atoms with van der Waals surface area (Å²) in [4.78, 5) is 27.0. The van der Waals surface area contributed by atoms with Crippen LogP contribution < -0.4 is 19.7 Å². The zero-order chi connectivity index (χ0) is 23.4. The van der Waals surface area contributed by atoms with Gasteiger partial charge in [0.05, 0.1) is 26.8 Å². The minimum atomic E-state index is -0.220. The molecule has 0 radical (unpaired) electrons. The maximum absolute atomic E-state index is 12.8. The number of amides is 2. The van der Waals surface area contributed by atoms with E-state index in [9.17, 15) is 14.7 Å². The predicted octanol–water partition coefficient (Wildman–Crippen LogP) is 4.58. The standard InChI is InChI=1S/C26H24N2O5/c1-32-23-13-17(14-24(33-2)25(23)30)11-12-22(29)19-9-6-10-20(15-19)28-16-21(27-26(28)31)18-7-4-3-5-8-18/h3-15,21,30H,16H2,1-2H3,(H,27,31)/b12-11+. The molecule has 2 amide bonds. The first kappa shape index (κ1) is 22.0. The molecule has 0 aromatic heterocycles. The lowest BCUT2D eigenvalue weighted by Gasteiger charge is -2.15. The van der Waals surface area contributed by atoms with Gasteiger partial charge >= 0.3 is 6.03 Å². The van der Waals surface area contributed by atoms with Gasteiger partial charge in [-0.3, -0.25) is 9.69 Å². The van der Waals surface area contributed by atoms with Crippen LogP contribution in [0.2, 0.25) is 0 Å². The fraction of sp³-hybridized carbons (Fsp3) is 0.154. The third-order valence-electron chi connectivity index (χ3n) is 5.48. The molecular formula is C26H24N2O5. The van der Waals surface area contributed by atoms with Crippen LogP contribution in [0.4, 0.5) is 10.5 Å². The van der Waals surface area contributed by atoms with E-state index in [1.54, 1.807) is 41.3 Å². The molecular weight excluding hydrogens is 420 g/mol. The average Bonchev–Trinajstić information content (AvgIpc) is 3.25. The van der Waals surface area contributed by atoms with E-state index < -0.39 is 0 Å². The third-order valence-corrected chi connectivity index (χ3v) is 5.48. The Morgan fingerprint density at radius 1 is 1.03 bits per heavy atom. The summed E-state index contributed by atoms with van der Waals surface area (Å²) < 4.78 is 10.3. The van der Waals surface area contributed by atoms with Crippen LogP contribution in [0.3, 0.4) is 0 Å². The summed E-state index contributed by atoms with van der Waals surface area (Å²) >= 11 is 0. The van der Waals surface area contributed by atoms with Crippen molar-refractivity contribution < 1.29 is 24.2 Å². The normalized spacial score (nSPS) is 15.5. The molecule has 0 bridgehead atoms. The van der Waals surface area contributed by atoms with Crippen molar-refractivity contribution in [3.63, 3.8) is 0 Å². The van der Waals surface area contributed by atoms with Gasteiger partial charge in [-0.1, -0.05) is 48.5 Å². The molecule has 168 valence electrons. The van der Waals surface area contributed by atoms with E-state index in [1.165, 1.54) is 20.3 Å². The number of allylic oxidation sites excluding steroid dienone is 1. The minimum absolute atomic E-state index is 0.103. The highest BCUT2D eigenvalue weighted by atomic mass is 16.5. The zero-order valence-electron chi connectivity index (χ0n) is 18.3. The van der Waals surface area contributed by atoms with Gasteiger partial charge in [-0.15, -0.1) is 0 Å². The number of benzene rings is 3. The Hall–Kier alpha value is -4.26. The molecule has 0 saturated carbocycles. The van der Waals surface area contributed by atoms with E-state index in [-0.39, 0.29) is 35.1 Å². The highest BCUT2D eigenvalue weighted by molar-refractivity contribution is 6.08. The Labute approximate surface area is 191 Å². The SMILES string of the molecule is COc1cc(/C=C/C(=O)c2cccc(N3CC(c4ccccc4)NC3=O)c2)cc(OC)c1O. The van der Waals surface area contributed by atoms with Crippen LogP contribution in [0, 0.1) is 0 Å². The van der Waals surface area contributed by atoms with E-state index in [1.807, 2.05) is 36.4 Å². The van der Waals surface area contributed by atoms with Gasteiger partial charge in [-0.05, 0) is 41.5 Å². The van der Waals surface area contributed by atoms with Crippen molar-refractivity contribution in [1.82, 2.24) is 5.32 Å². The number of hydrogen-bond donors (Lipinski definition) is 2. The lowest BCUT2D eigenvalue weighted by molar-refractivity contribution is 0.104. The smallest absolute Gasteiger partial charge is 0.322 e. The summed E-state index contributed by atoms with van der Waals surface area (Å²) in [5, 5.41) is 13.0. The minimum Gasteiger partial charge on any atom is -0.502 e. The summed E-state index contributed by atoms with van der Waals surface area (Å²) in [6, 6.07) is 19.6. The monoisotopic (exact) mass is 444 g/mol. The van der Waals surface area contributed by atoms with Crippen LogP contribution in [0.1, 0.15) is 27.5 Å². The number of nitrogens with one attached hydrogen (secondary N) is 1. The highest BCUT2D eigenvalue weighted by Gasteiger charge is 2.30. The molecule has 3 aromatic carbocycles. The van der Waals surface area contributed by atoms with Crippen LogP contribution in [0.25, 0.3) is 6.08 Å². The van der Waals surface area contributed by atoms with Crippen molar-refractivity contribution >= 4 is 23.6 Å². The zero-order valence-corrected chi connectivity index (χ0v) is 18.3. The number of carbonyl (C=O) groups is 2. The first-order valence-electron chi connectivity index (χ1n) is 10.4. The van der Waals surface area contributed by atoms with Crippen LogP contribution in [-0.2, 0) is 0 Å². The highest BCUT2D eigenvalue weighted by Crippen LogP contribution is 2.37. The van der Waals surface area contributed by atoms with Crippen molar-refractivity contribution in [2.45, 2.75) is 6.04 Å². The summed E-state index contributed by atoms with van der Waals surface area (Å²) in [7, 11) is 2.88. The second-order valence-electron chi connectivity index (χ2n) is 7.55. The molecule has 4 rings (SSSR count). The fourth-order valence-electron chi connectivity index (χ4n) is 3.74. The van der Waals surface area contributed by atoms with Crippen LogP contribution in [-0.4, -0.2) is 37.7 Å². The number of methoxy groups -OCH3 is 2. The van der Waals surface area contributed by atoms with Crippen molar-refractivity contribution in [2.75, 3.05) is 25.7 Å². The van der Waals surface area contributed by atoms with E-state index in [0.29, 0.717) is 23.4 Å². The second-order valence-corrected chi connectivity index (χ2v) is 7.55. The Balaban J connectivity index is 1.52. The Morgan fingerprint density at radius 2 is 1.73 bits per heavy atom. The lowest BCUT2D eigenvalue weighted by Crippen LogP contribution is -2.27. The summed E-state index contributed by atoms with van der Waals surface area (Å²) in [5.74, 6) is 0.170. The summed E-state index contributed by atoms with van der Waals surface area (Å²) in [6.45, 7) is 0.476. The van der Waals surface area contributed by atoms with Gasteiger partial charge < -0.3 is 19.9 Å². The van der Waals surface area contributed by atoms with Crippen molar-refractivity contribution in [3.8, 4) is 17.2 Å². The molecule has 1 saturated heterocycles. The number of ketones is 1. The Morgan fingerprint density at radius 3 is 2.39 bits per heavy atom. The van der Waals surface area contributed by atoms with Gasteiger partial charge in [0, 0.05) is 11.3 Å². The number of anilines is 1. The molecule has 0 spiro atoms. The molecule has 7 nitrogen and oxygen atoms in total. The first-order valence-corrected chi connectivity index (χ1v) is 10.4. The Kier molecular flexibility index (Phi) is 6.31. The molecule has 1 unspecified atom stereocenters. The van der Waals surface area contributed by atoms with E-state index in [4.69, 9.17) is 9.47 Å². The van der Waals surface area contributed by atoms with Gasteiger partial charge in [0.1, 0.15) is 0 Å². The molecule has 7 heteroatoms.